The molecule has 0 fully saturated rings. The minimum absolute atomic E-state index is 0.279. The maximum absolute atomic E-state index is 3.50. The molecule has 1 N–H and O–H groups in total. The van der Waals surface area contributed by atoms with E-state index in [2.05, 4.69) is 52.2 Å². The van der Waals surface area contributed by atoms with Crippen molar-refractivity contribution in [3.8, 4) is 0 Å². The lowest BCUT2D eigenvalue weighted by Gasteiger charge is -2.17. The Hall–Kier alpha value is -0.340. The van der Waals surface area contributed by atoms with Crippen LogP contribution in [-0.2, 0) is 5.41 Å². The second-order valence-corrected chi connectivity index (χ2v) is 7.97. The SMILES string of the molecule is CCCCCCCCC(NC)c1ccc(C(C)(C)C)s1. The topological polar surface area (TPSA) is 12.0 Å². The van der Waals surface area contributed by atoms with Gasteiger partial charge in [0.15, 0.2) is 0 Å². The number of thiophene rings is 1. The van der Waals surface area contributed by atoms with Gasteiger partial charge in [0.25, 0.3) is 0 Å². The first kappa shape index (κ1) is 17.7. The molecule has 0 saturated heterocycles. The molecule has 1 aromatic rings. The van der Waals surface area contributed by atoms with E-state index in [9.17, 15) is 0 Å². The van der Waals surface area contributed by atoms with Gasteiger partial charge in [0.1, 0.15) is 0 Å². The van der Waals surface area contributed by atoms with E-state index in [-0.39, 0.29) is 5.41 Å². The standard InChI is InChI=1S/C18H33NS/c1-6-7-8-9-10-11-12-15(19-5)16-13-14-17(20-16)18(2,3)4/h13-15,19H,6-12H2,1-5H3. The van der Waals surface area contributed by atoms with E-state index in [1.807, 2.05) is 11.3 Å². The van der Waals surface area contributed by atoms with Crippen molar-refractivity contribution in [3.63, 3.8) is 0 Å². The Morgan fingerprint density at radius 3 is 2.25 bits per heavy atom. The molecule has 0 radical (unpaired) electrons. The Balaban J connectivity index is 2.40. The van der Waals surface area contributed by atoms with Gasteiger partial charge in [-0.15, -0.1) is 11.3 Å². The van der Waals surface area contributed by atoms with Crippen LogP contribution in [0.5, 0.6) is 0 Å². The van der Waals surface area contributed by atoms with Crippen molar-refractivity contribution in [3.05, 3.63) is 21.9 Å². The fraction of sp³-hybridized carbons (Fsp3) is 0.778. The highest BCUT2D eigenvalue weighted by atomic mass is 32.1. The monoisotopic (exact) mass is 295 g/mol. The maximum Gasteiger partial charge on any atom is 0.0412 e. The summed E-state index contributed by atoms with van der Waals surface area (Å²) in [5.41, 5.74) is 0.279. The lowest BCUT2D eigenvalue weighted by molar-refractivity contribution is 0.503. The lowest BCUT2D eigenvalue weighted by atomic mass is 9.95. The number of unbranched alkanes of at least 4 members (excludes halogenated alkanes) is 5. The van der Waals surface area contributed by atoms with Crippen molar-refractivity contribution in [1.29, 1.82) is 0 Å². The molecule has 0 bridgehead atoms. The Morgan fingerprint density at radius 2 is 1.70 bits per heavy atom. The molecular weight excluding hydrogens is 262 g/mol. The summed E-state index contributed by atoms with van der Waals surface area (Å²) in [4.78, 5) is 3.00. The third-order valence-corrected chi connectivity index (χ3v) is 5.53. The summed E-state index contributed by atoms with van der Waals surface area (Å²) in [6.45, 7) is 9.17. The normalized spacial score (nSPS) is 13.7. The quantitative estimate of drug-likeness (QED) is 0.546. The van der Waals surface area contributed by atoms with Crippen LogP contribution in [0.4, 0.5) is 0 Å². The molecule has 1 nitrogen and oxygen atoms in total. The van der Waals surface area contributed by atoms with Crippen LogP contribution in [0.3, 0.4) is 0 Å². The van der Waals surface area contributed by atoms with Gasteiger partial charge in [0, 0.05) is 15.8 Å². The first-order chi connectivity index (χ1) is 9.49. The molecule has 116 valence electrons. The zero-order valence-corrected chi connectivity index (χ0v) is 14.9. The van der Waals surface area contributed by atoms with Crippen LogP contribution in [0.1, 0.15) is 88.4 Å². The molecule has 2 heteroatoms. The van der Waals surface area contributed by atoms with Gasteiger partial charge in [-0.2, -0.15) is 0 Å². The van der Waals surface area contributed by atoms with Gasteiger partial charge in [0.2, 0.25) is 0 Å². The molecule has 1 atom stereocenters. The molecule has 1 heterocycles. The van der Waals surface area contributed by atoms with Crippen LogP contribution in [0.25, 0.3) is 0 Å². The molecular formula is C18H33NS. The summed E-state index contributed by atoms with van der Waals surface area (Å²) in [7, 11) is 2.10. The summed E-state index contributed by atoms with van der Waals surface area (Å²) in [5.74, 6) is 0. The van der Waals surface area contributed by atoms with E-state index in [1.165, 1.54) is 54.7 Å². The van der Waals surface area contributed by atoms with Gasteiger partial charge in [-0.25, -0.2) is 0 Å². The number of hydrogen-bond donors (Lipinski definition) is 1. The smallest absolute Gasteiger partial charge is 0.0412 e. The van der Waals surface area contributed by atoms with Crippen LogP contribution in [0, 0.1) is 0 Å². The van der Waals surface area contributed by atoms with Crippen molar-refractivity contribution < 1.29 is 0 Å². The van der Waals surface area contributed by atoms with Gasteiger partial charge >= 0.3 is 0 Å². The van der Waals surface area contributed by atoms with Crippen molar-refractivity contribution in [2.75, 3.05) is 7.05 Å². The Labute approximate surface area is 130 Å². The summed E-state index contributed by atoms with van der Waals surface area (Å²) in [6, 6.07) is 5.18. The van der Waals surface area contributed by atoms with Gasteiger partial charge < -0.3 is 5.32 Å². The minimum atomic E-state index is 0.279. The van der Waals surface area contributed by atoms with Crippen LogP contribution < -0.4 is 5.32 Å². The molecule has 0 spiro atoms. The van der Waals surface area contributed by atoms with Crippen LogP contribution >= 0.6 is 11.3 Å². The van der Waals surface area contributed by atoms with Crippen LogP contribution in [-0.4, -0.2) is 7.05 Å². The highest BCUT2D eigenvalue weighted by molar-refractivity contribution is 7.12. The second kappa shape index (κ2) is 8.84. The maximum atomic E-state index is 3.50. The first-order valence-electron chi connectivity index (χ1n) is 8.26. The highest BCUT2D eigenvalue weighted by Crippen LogP contribution is 2.33. The van der Waals surface area contributed by atoms with Gasteiger partial charge in [-0.3, -0.25) is 0 Å². The van der Waals surface area contributed by atoms with Crippen molar-refractivity contribution >= 4 is 11.3 Å². The zero-order chi connectivity index (χ0) is 15.0. The number of rotatable bonds is 9. The third-order valence-electron chi connectivity index (χ3n) is 3.90. The average molecular weight is 296 g/mol. The third kappa shape index (κ3) is 5.97. The van der Waals surface area contributed by atoms with E-state index < -0.39 is 0 Å². The van der Waals surface area contributed by atoms with E-state index in [0.717, 1.165) is 0 Å². The Morgan fingerprint density at radius 1 is 1.05 bits per heavy atom. The summed E-state index contributed by atoms with van der Waals surface area (Å²) >= 11 is 1.98. The van der Waals surface area contributed by atoms with Crippen molar-refractivity contribution in [2.24, 2.45) is 0 Å². The first-order valence-corrected chi connectivity index (χ1v) is 9.08. The molecule has 0 aliphatic heterocycles. The van der Waals surface area contributed by atoms with Gasteiger partial charge in [0.05, 0.1) is 0 Å². The lowest BCUT2D eigenvalue weighted by Crippen LogP contribution is -2.15. The summed E-state index contributed by atoms with van der Waals surface area (Å²) in [5, 5.41) is 3.50. The Bertz CT molecular complexity index is 362. The van der Waals surface area contributed by atoms with Crippen LogP contribution in [0.15, 0.2) is 12.1 Å². The van der Waals surface area contributed by atoms with E-state index in [4.69, 9.17) is 0 Å². The minimum Gasteiger partial charge on any atom is -0.312 e. The van der Waals surface area contributed by atoms with Crippen LogP contribution in [0.2, 0.25) is 0 Å². The summed E-state index contributed by atoms with van der Waals surface area (Å²) in [6.07, 6.45) is 9.55. The fourth-order valence-corrected chi connectivity index (χ4v) is 3.71. The number of nitrogens with one attached hydrogen (secondary N) is 1. The summed E-state index contributed by atoms with van der Waals surface area (Å²) < 4.78 is 0. The number of hydrogen-bond acceptors (Lipinski definition) is 2. The van der Waals surface area contributed by atoms with E-state index in [1.54, 1.807) is 0 Å². The van der Waals surface area contributed by atoms with Crippen molar-refractivity contribution in [2.45, 2.75) is 84.1 Å². The molecule has 1 unspecified atom stereocenters. The molecule has 1 rings (SSSR count). The second-order valence-electron chi connectivity index (χ2n) is 6.85. The molecule has 0 aliphatic carbocycles. The zero-order valence-electron chi connectivity index (χ0n) is 14.1. The highest BCUT2D eigenvalue weighted by Gasteiger charge is 2.18. The largest absolute Gasteiger partial charge is 0.312 e. The Kier molecular flexibility index (Phi) is 7.83. The van der Waals surface area contributed by atoms with E-state index >= 15 is 0 Å². The van der Waals surface area contributed by atoms with Gasteiger partial charge in [-0.05, 0) is 31.0 Å². The molecule has 1 aromatic heterocycles. The predicted molar refractivity (Wildman–Crippen MR) is 92.8 cm³/mol. The molecule has 0 aromatic carbocycles. The fourth-order valence-electron chi connectivity index (χ4n) is 2.50. The predicted octanol–water partition coefficient (Wildman–Crippen LogP) is 6.06. The molecule has 0 aliphatic rings. The molecule has 0 saturated carbocycles. The molecule has 0 amide bonds. The average Bonchev–Trinajstić information content (AvgIpc) is 2.87. The van der Waals surface area contributed by atoms with Crippen molar-refractivity contribution in [1.82, 2.24) is 5.32 Å². The molecule has 20 heavy (non-hydrogen) atoms. The van der Waals surface area contributed by atoms with E-state index in [0.29, 0.717) is 6.04 Å². The van der Waals surface area contributed by atoms with Gasteiger partial charge in [-0.1, -0.05) is 66.2 Å².